The van der Waals surface area contributed by atoms with E-state index in [1.807, 2.05) is 0 Å². The van der Waals surface area contributed by atoms with E-state index < -0.39 is 25.5 Å². The van der Waals surface area contributed by atoms with E-state index in [2.05, 4.69) is 223 Å². The van der Waals surface area contributed by atoms with Crippen LogP contribution in [0.1, 0.15) is 39.9 Å². The van der Waals surface area contributed by atoms with Crippen molar-refractivity contribution in [1.29, 1.82) is 0 Å². The summed E-state index contributed by atoms with van der Waals surface area (Å²) in [6, 6.07) is 60.5. The van der Waals surface area contributed by atoms with Gasteiger partial charge in [-0.15, -0.1) is 0 Å². The summed E-state index contributed by atoms with van der Waals surface area (Å²) in [5.74, 6) is 1.83. The number of hydrogen-bond acceptors (Lipinski definition) is 3. The Kier molecular flexibility index (Phi) is 9.01. The van der Waals surface area contributed by atoms with Gasteiger partial charge in [0.05, 0.1) is 27.7 Å². The summed E-state index contributed by atoms with van der Waals surface area (Å²) in [4.78, 5) is 19.4. The molecule has 0 atom stereocenters. The second-order valence-corrected chi connectivity index (χ2v) is 27.4. The molecule has 0 unspecified atom stereocenters. The maximum absolute atomic E-state index is 5.55. The van der Waals surface area contributed by atoms with Gasteiger partial charge in [-0.05, 0) is 154 Å². The molecule has 2 aliphatic carbocycles. The molecule has 2 aliphatic rings. The lowest BCUT2D eigenvalue weighted by molar-refractivity contribution is 0.768. The highest BCUT2D eigenvalue weighted by Crippen LogP contribution is 2.56. The standard InChI is InChI=1S/C58H51N5S2/c1-64(2,3)41-31-33-53-47(36-41)45-25-12-16-29-51(45)62(53)56-59-55(60-57(61-56)63-52-30-17-13-26-46(52)48-37-42(65(4,5)6)32-34-54(48)63)38-19-18-22-40(35-38)58(39-20-8-7-9-21-39)49-27-14-10-23-43(49)44-24-11-15-28-50(44)58/h7-12,14-25,27-37H,13,26H2,1-6H3. The van der Waals surface area contributed by atoms with Crippen LogP contribution < -0.4 is 0 Å². The average Bonchev–Trinajstić information content (AvgIpc) is 3.95. The highest BCUT2D eigenvalue weighted by molar-refractivity contribution is 8.32. The third kappa shape index (κ3) is 6.12. The summed E-state index contributed by atoms with van der Waals surface area (Å²) in [7, 11) is -1.93. The first-order chi connectivity index (χ1) is 31.5. The van der Waals surface area contributed by atoms with Gasteiger partial charge in [0, 0.05) is 21.7 Å². The Bertz CT molecular complexity index is 3540. The smallest absolute Gasteiger partial charge is 0.240 e. The monoisotopic (exact) mass is 881 g/mol. The fourth-order valence-electron chi connectivity index (χ4n) is 10.6. The molecule has 0 saturated carbocycles. The molecule has 0 amide bonds. The normalized spacial score (nSPS) is 14.7. The predicted molar refractivity (Wildman–Crippen MR) is 278 cm³/mol. The molecule has 5 nitrogen and oxygen atoms in total. The first kappa shape index (κ1) is 39.9. The van der Waals surface area contributed by atoms with Crippen LogP contribution in [0.5, 0.6) is 0 Å². The summed E-state index contributed by atoms with van der Waals surface area (Å²) in [5.41, 5.74) is 13.6. The zero-order valence-electron chi connectivity index (χ0n) is 37.7. The van der Waals surface area contributed by atoms with Crippen molar-refractivity contribution in [3.63, 3.8) is 0 Å². The lowest BCUT2D eigenvalue weighted by atomic mass is 9.67. The molecule has 65 heavy (non-hydrogen) atoms. The Morgan fingerprint density at radius 3 is 1.74 bits per heavy atom. The van der Waals surface area contributed by atoms with E-state index in [4.69, 9.17) is 15.0 Å². The van der Waals surface area contributed by atoms with E-state index in [1.165, 1.54) is 64.9 Å². The van der Waals surface area contributed by atoms with E-state index in [0.29, 0.717) is 17.7 Å². The number of allylic oxidation sites excluding steroid dienone is 1. The number of benzene rings is 7. The molecule has 12 rings (SSSR count). The molecule has 0 aliphatic heterocycles. The Balaban J connectivity index is 1.15. The van der Waals surface area contributed by atoms with Crippen molar-refractivity contribution in [3.05, 3.63) is 203 Å². The quantitative estimate of drug-likeness (QED) is 0.160. The number of nitrogens with zero attached hydrogens (tertiary/aromatic N) is 5. The van der Waals surface area contributed by atoms with Gasteiger partial charge in [-0.2, -0.15) is 15.0 Å². The number of rotatable bonds is 7. The van der Waals surface area contributed by atoms with Gasteiger partial charge >= 0.3 is 0 Å². The van der Waals surface area contributed by atoms with Crippen LogP contribution in [-0.4, -0.2) is 61.6 Å². The maximum Gasteiger partial charge on any atom is 0.240 e. The van der Waals surface area contributed by atoms with Crippen molar-refractivity contribution < 1.29 is 0 Å². The lowest BCUT2D eigenvalue weighted by Crippen LogP contribution is -2.28. The molecule has 7 aromatic carbocycles. The zero-order valence-corrected chi connectivity index (χ0v) is 39.3. The van der Waals surface area contributed by atoms with Crippen LogP contribution in [0.2, 0.25) is 0 Å². The van der Waals surface area contributed by atoms with Crippen molar-refractivity contribution in [3.8, 4) is 34.4 Å². The number of hydrogen-bond donors (Lipinski definition) is 0. The second kappa shape index (κ2) is 14.7. The lowest BCUT2D eigenvalue weighted by Gasteiger charge is -2.34. The van der Waals surface area contributed by atoms with Gasteiger partial charge in [0.15, 0.2) is 5.82 Å². The molecule has 3 aromatic heterocycles. The molecular formula is C58H51N5S2. The van der Waals surface area contributed by atoms with Crippen LogP contribution in [0.3, 0.4) is 0 Å². The Hall–Kier alpha value is -6.67. The third-order valence-corrected chi connectivity index (χ3v) is 17.0. The van der Waals surface area contributed by atoms with Gasteiger partial charge in [0.1, 0.15) is 0 Å². The molecule has 0 N–H and O–H groups in total. The molecule has 0 fully saturated rings. The fourth-order valence-corrected chi connectivity index (χ4v) is 12.5. The molecule has 3 heterocycles. The van der Waals surface area contributed by atoms with Gasteiger partial charge in [-0.25, -0.2) is 20.1 Å². The molecular weight excluding hydrogens is 831 g/mol. The van der Waals surface area contributed by atoms with Crippen LogP contribution >= 0.6 is 20.1 Å². The van der Waals surface area contributed by atoms with Crippen molar-refractivity contribution in [1.82, 2.24) is 24.1 Å². The second-order valence-electron chi connectivity index (χ2n) is 19.1. The minimum absolute atomic E-state index is 0.560. The van der Waals surface area contributed by atoms with E-state index in [1.54, 1.807) is 0 Å². The summed E-state index contributed by atoms with van der Waals surface area (Å²) in [6.45, 7) is 0. The van der Waals surface area contributed by atoms with E-state index in [0.717, 1.165) is 40.6 Å². The summed E-state index contributed by atoms with van der Waals surface area (Å²) in [6.07, 6.45) is 20.8. The Labute approximate surface area is 384 Å². The Morgan fingerprint density at radius 1 is 0.477 bits per heavy atom. The average molecular weight is 882 g/mol. The van der Waals surface area contributed by atoms with Gasteiger partial charge in [-0.1, -0.05) is 121 Å². The minimum Gasteiger partial charge on any atom is -0.278 e. The van der Waals surface area contributed by atoms with Crippen LogP contribution in [-0.2, 0) is 11.8 Å². The molecule has 7 heteroatoms. The van der Waals surface area contributed by atoms with E-state index in [9.17, 15) is 0 Å². The predicted octanol–water partition coefficient (Wildman–Crippen LogP) is 14.0. The van der Waals surface area contributed by atoms with Crippen molar-refractivity contribution in [2.24, 2.45) is 0 Å². The Morgan fingerprint density at radius 2 is 1.05 bits per heavy atom. The third-order valence-electron chi connectivity index (χ3n) is 13.7. The van der Waals surface area contributed by atoms with Crippen LogP contribution in [0.15, 0.2) is 180 Å². The van der Waals surface area contributed by atoms with Gasteiger partial charge < -0.3 is 0 Å². The number of fused-ring (bicyclic) bond motifs is 9. The van der Waals surface area contributed by atoms with Crippen LogP contribution in [0.25, 0.3) is 73.2 Å². The zero-order chi connectivity index (χ0) is 44.2. The summed E-state index contributed by atoms with van der Waals surface area (Å²) < 4.78 is 4.56. The summed E-state index contributed by atoms with van der Waals surface area (Å²) in [5, 5.41) is 3.68. The fraction of sp³-hybridized carbons (Fsp3) is 0.155. The number of para-hydroxylation sites is 1. The largest absolute Gasteiger partial charge is 0.278 e. The van der Waals surface area contributed by atoms with Crippen LogP contribution in [0.4, 0.5) is 0 Å². The number of aromatic nitrogens is 5. The van der Waals surface area contributed by atoms with Crippen LogP contribution in [0, 0.1) is 0 Å². The van der Waals surface area contributed by atoms with Crippen molar-refractivity contribution >= 4 is 58.8 Å². The van der Waals surface area contributed by atoms with E-state index in [-0.39, 0.29) is 0 Å². The maximum atomic E-state index is 5.55. The molecule has 10 aromatic rings. The van der Waals surface area contributed by atoms with Crippen molar-refractivity contribution in [2.45, 2.75) is 28.0 Å². The first-order valence-electron chi connectivity index (χ1n) is 22.4. The highest BCUT2D eigenvalue weighted by Gasteiger charge is 2.46. The van der Waals surface area contributed by atoms with Gasteiger partial charge in [-0.3, -0.25) is 9.13 Å². The van der Waals surface area contributed by atoms with Gasteiger partial charge in [0.2, 0.25) is 11.9 Å². The molecule has 0 saturated heterocycles. The summed E-state index contributed by atoms with van der Waals surface area (Å²) >= 11 is 0. The molecule has 0 spiro atoms. The van der Waals surface area contributed by atoms with Crippen molar-refractivity contribution in [2.75, 3.05) is 37.5 Å². The van der Waals surface area contributed by atoms with Gasteiger partial charge in [0.25, 0.3) is 0 Å². The molecule has 0 bridgehead atoms. The molecule has 0 radical (unpaired) electrons. The highest BCUT2D eigenvalue weighted by atomic mass is 32.3. The minimum atomic E-state index is -0.972. The topological polar surface area (TPSA) is 48.5 Å². The molecule has 320 valence electrons. The first-order valence-corrected chi connectivity index (χ1v) is 28.1. The SMILES string of the molecule is CS(C)(C)c1ccc2c(c1)c1c(n2-c2nc(-c3cccc(C4(c5ccccc5)c5ccccc5-c5ccccc54)c3)nc(-n3c4ccccc4c4cc(S(C)(C)C)ccc43)n2)C=CCC1. The van der Waals surface area contributed by atoms with E-state index >= 15 is 0 Å². The number of aryl methyl sites for hydroxylation is 1.